The van der Waals surface area contributed by atoms with E-state index in [4.69, 9.17) is 11.6 Å². The Morgan fingerprint density at radius 2 is 2.57 bits per heavy atom. The summed E-state index contributed by atoms with van der Waals surface area (Å²) in [7, 11) is 0. The van der Waals surface area contributed by atoms with Gasteiger partial charge in [0, 0.05) is 0 Å². The number of nitrogens with one attached hydrogen (secondary N) is 1. The molecule has 0 rings (SSSR count). The second kappa shape index (κ2) is 3.58. The van der Waals surface area contributed by atoms with E-state index in [1.807, 2.05) is 5.32 Å². The summed E-state index contributed by atoms with van der Waals surface area (Å²) in [5.74, 6) is 0. The number of carbonyl (C=O) groups excluding carboxylic acids is 1. The highest BCUT2D eigenvalue weighted by molar-refractivity contribution is 5.45. The summed E-state index contributed by atoms with van der Waals surface area (Å²) in [6.07, 6.45) is -2.58. The summed E-state index contributed by atoms with van der Waals surface area (Å²) < 4.78 is 6.20. The number of aliphatic hydroxyl groups is 2. The van der Waals surface area contributed by atoms with Crippen LogP contribution in [0.5, 0.6) is 0 Å². The van der Waals surface area contributed by atoms with Crippen molar-refractivity contribution in [2.75, 3.05) is 6.54 Å². The first-order valence-electron chi connectivity index (χ1n) is 2.23. The van der Waals surface area contributed by atoms with Crippen molar-refractivity contribution in [3.05, 3.63) is 0 Å². The van der Waals surface area contributed by atoms with Gasteiger partial charge in [0.05, 0.1) is 6.54 Å². The van der Waals surface area contributed by atoms with E-state index in [1.54, 1.807) is 0 Å². The maximum atomic E-state index is 9.68. The molecule has 7 heavy (non-hydrogen) atoms. The second-order valence-electron chi connectivity index (χ2n) is 0.964. The first kappa shape index (κ1) is 4.55. The Bertz CT molecular complexity index is 84.6. The minimum absolute atomic E-state index is 0.289. The Kier molecular flexibility index (Phi) is 2.32. The predicted octanol–water partition coefficient (Wildman–Crippen LogP) is -1.96. The molecule has 4 nitrogen and oxygen atoms in total. The lowest BCUT2D eigenvalue weighted by atomic mass is 10.6. The maximum Gasteiger partial charge on any atom is 0.207 e. The highest BCUT2D eigenvalue weighted by Gasteiger charge is 1.90. The van der Waals surface area contributed by atoms with E-state index in [-0.39, 0.29) is 6.54 Å². The standard InChI is InChI=1S/C3H7NO3/c5-2-4-1-3(6)7/h2-3,6-7H,1H2,(H,4,5)/i2D. The third kappa shape index (κ3) is 5.39. The van der Waals surface area contributed by atoms with Crippen LogP contribution in [0.15, 0.2) is 0 Å². The molecule has 0 unspecified atom stereocenters. The molecule has 3 N–H and O–H groups in total. The normalized spacial score (nSPS) is 11.0. The SMILES string of the molecule is [2H]C(=O)NCC(O)O. The minimum Gasteiger partial charge on any atom is -0.367 e. The largest absolute Gasteiger partial charge is 0.367 e. The highest BCUT2D eigenvalue weighted by atomic mass is 16.5. The van der Waals surface area contributed by atoms with Crippen molar-refractivity contribution in [2.45, 2.75) is 6.29 Å². The molecule has 0 atom stereocenters. The van der Waals surface area contributed by atoms with Gasteiger partial charge in [-0.25, -0.2) is 0 Å². The van der Waals surface area contributed by atoms with Crippen LogP contribution in [0, 0.1) is 0 Å². The Morgan fingerprint density at radius 3 is 2.71 bits per heavy atom. The summed E-state index contributed by atoms with van der Waals surface area (Å²) in [6.45, 7) is -0.289. The molecule has 0 aliphatic rings. The topological polar surface area (TPSA) is 69.6 Å². The Morgan fingerprint density at radius 1 is 2.00 bits per heavy atom. The van der Waals surface area contributed by atoms with Crippen molar-refractivity contribution in [1.82, 2.24) is 5.32 Å². The van der Waals surface area contributed by atoms with Crippen LogP contribution in [-0.4, -0.2) is 29.4 Å². The lowest BCUT2D eigenvalue weighted by Gasteiger charge is -1.97. The molecule has 0 aromatic rings. The van der Waals surface area contributed by atoms with Gasteiger partial charge in [0.2, 0.25) is 6.39 Å². The Balaban J connectivity index is 3.05. The average Bonchev–Trinajstić information content (AvgIpc) is 1.61. The van der Waals surface area contributed by atoms with Gasteiger partial charge in [-0.1, -0.05) is 0 Å². The number of aliphatic hydroxyl groups excluding tert-OH is 1. The molecule has 42 valence electrons. The molecule has 0 fully saturated rings. The molecule has 0 spiro atoms. The van der Waals surface area contributed by atoms with Crippen LogP contribution in [0.25, 0.3) is 0 Å². The minimum atomic E-state index is -1.57. The maximum absolute atomic E-state index is 9.68. The number of carbonyl (C=O) groups is 1. The van der Waals surface area contributed by atoms with Crippen LogP contribution in [0.1, 0.15) is 1.37 Å². The Hall–Kier alpha value is -0.610. The van der Waals surface area contributed by atoms with E-state index in [1.165, 1.54) is 0 Å². The lowest BCUT2D eigenvalue weighted by Crippen LogP contribution is -2.24. The van der Waals surface area contributed by atoms with Crippen molar-refractivity contribution in [2.24, 2.45) is 0 Å². The zero-order valence-electron chi connectivity index (χ0n) is 4.59. The molecule has 1 amide bonds. The fourth-order valence-corrected chi connectivity index (χ4v) is 0.133. The monoisotopic (exact) mass is 106 g/mol. The summed E-state index contributed by atoms with van der Waals surface area (Å²) in [5, 5.41) is 18.0. The molecule has 0 aromatic carbocycles. The quantitative estimate of drug-likeness (QED) is 0.283. The van der Waals surface area contributed by atoms with Gasteiger partial charge >= 0.3 is 0 Å². The summed E-state index contributed by atoms with van der Waals surface area (Å²) >= 11 is 0. The van der Waals surface area contributed by atoms with Gasteiger partial charge < -0.3 is 15.5 Å². The molecule has 0 saturated carbocycles. The van der Waals surface area contributed by atoms with Gasteiger partial charge in [0.25, 0.3) is 0 Å². The smallest absolute Gasteiger partial charge is 0.207 e. The van der Waals surface area contributed by atoms with Crippen LogP contribution >= 0.6 is 0 Å². The number of amides is 1. The van der Waals surface area contributed by atoms with Gasteiger partial charge in [-0.15, -0.1) is 0 Å². The van der Waals surface area contributed by atoms with Crippen molar-refractivity contribution in [3.8, 4) is 0 Å². The van der Waals surface area contributed by atoms with Crippen molar-refractivity contribution in [1.29, 1.82) is 0 Å². The van der Waals surface area contributed by atoms with Crippen LogP contribution in [0.3, 0.4) is 0 Å². The molecule has 0 saturated heterocycles. The zero-order chi connectivity index (χ0) is 6.57. The zero-order valence-corrected chi connectivity index (χ0v) is 3.59. The molecular formula is C3H7NO3. The van der Waals surface area contributed by atoms with Gasteiger partial charge in [-0.2, -0.15) is 0 Å². The Labute approximate surface area is 42.2 Å². The summed E-state index contributed by atoms with van der Waals surface area (Å²) in [4.78, 5) is 9.68. The molecule has 4 heteroatoms. The first-order chi connectivity index (χ1) is 3.63. The summed E-state index contributed by atoms with van der Waals surface area (Å²) in [5.41, 5.74) is 0. The molecule has 0 aliphatic carbocycles. The molecular weight excluding hydrogens is 98.0 g/mol. The third-order valence-electron chi connectivity index (χ3n) is 0.357. The first-order valence-corrected chi connectivity index (χ1v) is 1.73. The fourth-order valence-electron chi connectivity index (χ4n) is 0.133. The molecule has 0 bridgehead atoms. The van der Waals surface area contributed by atoms with Crippen LogP contribution in [0.4, 0.5) is 0 Å². The van der Waals surface area contributed by atoms with E-state index < -0.39 is 12.7 Å². The fraction of sp³-hybridized carbons (Fsp3) is 0.667. The van der Waals surface area contributed by atoms with Crippen LogP contribution in [0.2, 0.25) is 0 Å². The van der Waals surface area contributed by atoms with E-state index in [0.717, 1.165) is 0 Å². The van der Waals surface area contributed by atoms with Crippen molar-refractivity contribution >= 4 is 6.39 Å². The summed E-state index contributed by atoms with van der Waals surface area (Å²) in [6, 6.07) is 0. The number of hydrogen-bond donors (Lipinski definition) is 3. The predicted molar refractivity (Wildman–Crippen MR) is 22.3 cm³/mol. The molecule has 0 radical (unpaired) electrons. The van der Waals surface area contributed by atoms with Crippen LogP contribution < -0.4 is 5.32 Å². The van der Waals surface area contributed by atoms with Gasteiger partial charge in [-0.05, 0) is 0 Å². The van der Waals surface area contributed by atoms with Gasteiger partial charge in [-0.3, -0.25) is 4.79 Å². The van der Waals surface area contributed by atoms with E-state index in [9.17, 15) is 4.79 Å². The third-order valence-corrected chi connectivity index (χ3v) is 0.357. The van der Waals surface area contributed by atoms with E-state index in [0.29, 0.717) is 0 Å². The second-order valence-corrected chi connectivity index (χ2v) is 0.964. The van der Waals surface area contributed by atoms with Gasteiger partial charge in [0.15, 0.2) is 6.29 Å². The van der Waals surface area contributed by atoms with Crippen LogP contribution in [-0.2, 0) is 4.79 Å². The molecule has 0 heterocycles. The lowest BCUT2D eigenvalue weighted by molar-refractivity contribution is -0.111. The van der Waals surface area contributed by atoms with Crippen molar-refractivity contribution < 1.29 is 16.4 Å². The molecule has 0 aliphatic heterocycles. The highest BCUT2D eigenvalue weighted by Crippen LogP contribution is 1.63. The average molecular weight is 106 g/mol. The van der Waals surface area contributed by atoms with Gasteiger partial charge in [0.1, 0.15) is 1.37 Å². The number of rotatable bonds is 2. The van der Waals surface area contributed by atoms with Crippen molar-refractivity contribution in [3.63, 3.8) is 0 Å². The van der Waals surface area contributed by atoms with E-state index in [2.05, 4.69) is 0 Å². The molecule has 0 aromatic heterocycles. The van der Waals surface area contributed by atoms with E-state index >= 15 is 0 Å². The number of hydrogen-bond acceptors (Lipinski definition) is 3.